The molecule has 3 aromatic carbocycles. The Hall–Kier alpha value is -3.90. The number of methoxy groups -OCH3 is 1. The lowest BCUT2D eigenvalue weighted by atomic mass is 10.2. The molecule has 12 heteroatoms. The van der Waals surface area contributed by atoms with Crippen molar-refractivity contribution in [3.05, 3.63) is 98.5 Å². The van der Waals surface area contributed by atoms with Crippen LogP contribution in [0.1, 0.15) is 27.9 Å². The molecule has 0 unspecified atom stereocenters. The van der Waals surface area contributed by atoms with E-state index in [0.29, 0.717) is 39.0 Å². The molecule has 0 aliphatic rings. The van der Waals surface area contributed by atoms with Crippen molar-refractivity contribution >= 4 is 50.2 Å². The fraction of sp³-hybridized carbons (Fsp3) is 0.179. The van der Waals surface area contributed by atoms with Crippen LogP contribution in [-0.4, -0.2) is 24.2 Å². The number of benzene rings is 3. The highest BCUT2D eigenvalue weighted by Crippen LogP contribution is 2.37. The summed E-state index contributed by atoms with van der Waals surface area (Å²) in [5.41, 5.74) is 5.23. The van der Waals surface area contributed by atoms with Crippen molar-refractivity contribution < 1.29 is 27.4 Å². The summed E-state index contributed by atoms with van der Waals surface area (Å²) < 4.78 is 50.9. The molecule has 0 radical (unpaired) electrons. The molecular weight excluding hydrogens is 609 g/mol. The van der Waals surface area contributed by atoms with E-state index in [1.807, 2.05) is 31.2 Å². The molecule has 4 aromatic rings. The van der Waals surface area contributed by atoms with Gasteiger partial charge >= 0.3 is 6.18 Å². The van der Waals surface area contributed by atoms with Crippen LogP contribution in [0.2, 0.25) is 0 Å². The number of anilines is 2. The van der Waals surface area contributed by atoms with Crippen LogP contribution in [0.15, 0.2) is 75.6 Å². The Balaban J connectivity index is 1.32. The molecule has 4 rings (SSSR count). The third-order valence-electron chi connectivity index (χ3n) is 5.49. The Kier molecular flexibility index (Phi) is 9.43. The quantitative estimate of drug-likeness (QED) is 0.142. The molecule has 7 nitrogen and oxygen atoms in total. The molecule has 1 heterocycles. The molecule has 1 amide bonds. The van der Waals surface area contributed by atoms with Gasteiger partial charge < -0.3 is 14.8 Å². The van der Waals surface area contributed by atoms with Gasteiger partial charge in [0.15, 0.2) is 16.6 Å². The number of carbonyl (C=O) groups excluding carboxylic acids is 1. The van der Waals surface area contributed by atoms with E-state index in [2.05, 4.69) is 36.8 Å². The first-order valence-electron chi connectivity index (χ1n) is 11.9. The number of hydrogen-bond acceptors (Lipinski definition) is 7. The number of halogens is 4. The number of aryl methyl sites for hydroxylation is 1. The van der Waals surface area contributed by atoms with Crippen molar-refractivity contribution in [2.75, 3.05) is 12.4 Å². The predicted molar refractivity (Wildman–Crippen MR) is 152 cm³/mol. The summed E-state index contributed by atoms with van der Waals surface area (Å²) in [5.74, 6) is 0.635. The van der Waals surface area contributed by atoms with Crippen LogP contribution in [0.25, 0.3) is 0 Å². The molecule has 0 fully saturated rings. The van der Waals surface area contributed by atoms with Crippen LogP contribution in [0.5, 0.6) is 11.5 Å². The molecule has 2 N–H and O–H groups in total. The first kappa shape index (κ1) is 29.1. The average Bonchev–Trinajstić information content (AvgIpc) is 3.34. The number of carbonyl (C=O) groups is 1. The van der Waals surface area contributed by atoms with Crippen molar-refractivity contribution in [3.8, 4) is 11.5 Å². The van der Waals surface area contributed by atoms with Gasteiger partial charge in [-0.25, -0.2) is 10.4 Å². The monoisotopic (exact) mass is 632 g/mol. The van der Waals surface area contributed by atoms with Crippen LogP contribution in [0, 0.1) is 6.92 Å². The van der Waals surface area contributed by atoms with Crippen LogP contribution >= 0.6 is 27.3 Å². The number of hydrazone groups is 1. The maximum atomic E-state index is 12.9. The molecule has 0 aliphatic heterocycles. The van der Waals surface area contributed by atoms with E-state index < -0.39 is 17.6 Å². The minimum Gasteiger partial charge on any atom is -0.493 e. The molecule has 0 atom stereocenters. The zero-order valence-corrected chi connectivity index (χ0v) is 23.8. The van der Waals surface area contributed by atoms with Crippen molar-refractivity contribution in [1.29, 1.82) is 0 Å². The van der Waals surface area contributed by atoms with Gasteiger partial charge in [-0.1, -0.05) is 35.9 Å². The number of nitrogens with zero attached hydrogens (tertiary/aromatic N) is 2. The lowest BCUT2D eigenvalue weighted by Crippen LogP contribution is -2.20. The van der Waals surface area contributed by atoms with E-state index in [1.165, 1.54) is 42.4 Å². The highest BCUT2D eigenvalue weighted by molar-refractivity contribution is 9.10. The predicted octanol–water partition coefficient (Wildman–Crippen LogP) is 7.26. The lowest BCUT2D eigenvalue weighted by Gasteiger charge is -2.13. The number of nitrogens with one attached hydrogen (secondary N) is 2. The summed E-state index contributed by atoms with van der Waals surface area (Å²) >= 11 is 4.68. The molecule has 0 spiro atoms. The second-order valence-corrected chi connectivity index (χ2v) is 10.3. The number of hydrogen-bond donors (Lipinski definition) is 2. The van der Waals surface area contributed by atoms with E-state index in [9.17, 15) is 18.0 Å². The summed E-state index contributed by atoms with van der Waals surface area (Å²) in [4.78, 5) is 16.6. The Morgan fingerprint density at radius 2 is 1.93 bits per heavy atom. The Morgan fingerprint density at radius 3 is 2.65 bits per heavy atom. The number of ether oxygens (including phenoxy) is 2. The molecule has 40 heavy (non-hydrogen) atoms. The summed E-state index contributed by atoms with van der Waals surface area (Å²) in [7, 11) is 1.53. The second kappa shape index (κ2) is 13.0. The van der Waals surface area contributed by atoms with Gasteiger partial charge in [0.2, 0.25) is 5.91 Å². The Bertz CT molecular complexity index is 1510. The van der Waals surface area contributed by atoms with E-state index >= 15 is 0 Å². The summed E-state index contributed by atoms with van der Waals surface area (Å²) in [6.07, 6.45) is -3.03. The Labute approximate surface area is 241 Å². The summed E-state index contributed by atoms with van der Waals surface area (Å²) in [5, 5.41) is 8.86. The van der Waals surface area contributed by atoms with E-state index in [1.54, 1.807) is 17.5 Å². The van der Waals surface area contributed by atoms with Crippen LogP contribution in [-0.2, 0) is 24.0 Å². The van der Waals surface area contributed by atoms with Crippen LogP contribution in [0.4, 0.5) is 24.0 Å². The normalized spacial score (nSPS) is 11.4. The molecule has 0 saturated heterocycles. The third kappa shape index (κ3) is 8.06. The fourth-order valence-corrected chi connectivity index (χ4v) is 4.82. The zero-order valence-electron chi connectivity index (χ0n) is 21.4. The van der Waals surface area contributed by atoms with Crippen LogP contribution in [0.3, 0.4) is 0 Å². The van der Waals surface area contributed by atoms with Crippen molar-refractivity contribution in [1.82, 2.24) is 10.4 Å². The number of thiazole rings is 1. The van der Waals surface area contributed by atoms with Gasteiger partial charge in [-0.15, -0.1) is 11.3 Å². The average molecular weight is 633 g/mol. The van der Waals surface area contributed by atoms with Crippen LogP contribution < -0.4 is 20.2 Å². The van der Waals surface area contributed by atoms with Gasteiger partial charge in [-0.3, -0.25) is 4.79 Å². The number of alkyl halides is 3. The minimum atomic E-state index is -4.44. The maximum absolute atomic E-state index is 12.9. The van der Waals surface area contributed by atoms with Gasteiger partial charge in [-0.05, 0) is 64.3 Å². The SMILES string of the molecule is COc1cc(/C=N\NC(=O)Cc2csc(Nc3cccc(C(F)(F)F)c3)n2)cc(Br)c1OCc1ccc(C)cc1. The lowest BCUT2D eigenvalue weighted by molar-refractivity contribution is -0.137. The first-order valence-corrected chi connectivity index (χ1v) is 13.5. The topological polar surface area (TPSA) is 84.8 Å². The third-order valence-corrected chi connectivity index (χ3v) is 6.89. The van der Waals surface area contributed by atoms with E-state index in [-0.39, 0.29) is 12.1 Å². The maximum Gasteiger partial charge on any atom is 0.416 e. The highest BCUT2D eigenvalue weighted by Gasteiger charge is 2.30. The Morgan fingerprint density at radius 1 is 1.15 bits per heavy atom. The second-order valence-electron chi connectivity index (χ2n) is 8.63. The van der Waals surface area contributed by atoms with Gasteiger partial charge in [0, 0.05) is 11.1 Å². The fourth-order valence-electron chi connectivity index (χ4n) is 3.52. The van der Waals surface area contributed by atoms with Gasteiger partial charge in [0.25, 0.3) is 0 Å². The minimum absolute atomic E-state index is 0.0586. The largest absolute Gasteiger partial charge is 0.493 e. The number of aromatic nitrogens is 1. The van der Waals surface area contributed by atoms with Crippen molar-refractivity contribution in [2.24, 2.45) is 5.10 Å². The first-order chi connectivity index (χ1) is 19.1. The van der Waals surface area contributed by atoms with E-state index in [0.717, 1.165) is 17.7 Å². The standard InChI is InChI=1S/C28H24BrF3N4O3S/c1-17-6-8-18(9-7-17)15-39-26-23(29)10-19(11-24(26)38-2)14-33-36-25(37)13-22-16-40-27(35-22)34-21-5-3-4-20(12-21)28(30,31)32/h3-12,14,16H,13,15H2,1-2H3,(H,34,35)(H,36,37)/b33-14-. The summed E-state index contributed by atoms with van der Waals surface area (Å²) in [6.45, 7) is 2.39. The van der Waals surface area contributed by atoms with E-state index in [4.69, 9.17) is 9.47 Å². The molecular formula is C28H24BrF3N4O3S. The van der Waals surface area contributed by atoms with Gasteiger partial charge in [0.1, 0.15) is 6.61 Å². The number of amides is 1. The highest BCUT2D eigenvalue weighted by atomic mass is 79.9. The smallest absolute Gasteiger partial charge is 0.416 e. The van der Waals surface area contributed by atoms with Crippen molar-refractivity contribution in [3.63, 3.8) is 0 Å². The molecule has 0 aliphatic carbocycles. The molecule has 0 saturated carbocycles. The van der Waals surface area contributed by atoms with Crippen molar-refractivity contribution in [2.45, 2.75) is 26.1 Å². The summed E-state index contributed by atoms with van der Waals surface area (Å²) in [6, 6.07) is 16.4. The number of rotatable bonds is 10. The van der Waals surface area contributed by atoms with Gasteiger partial charge in [-0.2, -0.15) is 18.3 Å². The molecule has 1 aromatic heterocycles. The van der Waals surface area contributed by atoms with Gasteiger partial charge in [0.05, 0.1) is 35.5 Å². The molecule has 208 valence electrons. The molecule has 0 bridgehead atoms. The zero-order chi connectivity index (χ0) is 28.7.